The number of guanidine groups is 1. The van der Waals surface area contributed by atoms with Crippen molar-refractivity contribution in [3.05, 3.63) is 65.2 Å². The Labute approximate surface area is 192 Å². The molecule has 0 unspecified atom stereocenters. The van der Waals surface area contributed by atoms with Crippen molar-refractivity contribution in [2.45, 2.75) is 13.8 Å². The van der Waals surface area contributed by atoms with Crippen molar-refractivity contribution < 1.29 is 9.53 Å². The number of aromatic nitrogens is 2. The third kappa shape index (κ3) is 5.97. The van der Waals surface area contributed by atoms with Gasteiger partial charge in [0.2, 0.25) is 5.96 Å². The molecule has 2 amide bonds. The summed E-state index contributed by atoms with van der Waals surface area (Å²) in [6, 6.07) is 12.4. The summed E-state index contributed by atoms with van der Waals surface area (Å²) in [6.07, 6.45) is 3.41. The van der Waals surface area contributed by atoms with Crippen LogP contribution in [0.3, 0.4) is 0 Å². The number of hydrogen-bond donors (Lipinski definition) is 3. The summed E-state index contributed by atoms with van der Waals surface area (Å²) in [5.74, 6) is 0.974. The number of urea groups is 1. The van der Waals surface area contributed by atoms with Gasteiger partial charge in [-0.2, -0.15) is 0 Å². The standard InChI is InChI=1S/C24H28N6O3/c1-5-26-24(32)29-23(25-3)28-20-8-7-16(17-10-12-30(4)22(31)14-17)13-19(20)21-15-18(33-6-2)9-11-27-21/h7-15H,5-6H2,1-4H3,(H3,25,26,28,29,32). The summed E-state index contributed by atoms with van der Waals surface area (Å²) in [5, 5.41) is 8.53. The highest BCUT2D eigenvalue weighted by Crippen LogP contribution is 2.33. The molecule has 1 aromatic carbocycles. The monoisotopic (exact) mass is 448 g/mol. The fourth-order valence-corrected chi connectivity index (χ4v) is 3.17. The molecule has 0 saturated heterocycles. The number of hydrogen-bond acceptors (Lipinski definition) is 5. The minimum Gasteiger partial charge on any atom is -0.494 e. The number of rotatable bonds is 6. The van der Waals surface area contributed by atoms with E-state index in [2.05, 4.69) is 25.9 Å². The molecule has 9 heteroatoms. The van der Waals surface area contributed by atoms with E-state index in [9.17, 15) is 9.59 Å². The second-order valence-electron chi connectivity index (χ2n) is 7.12. The van der Waals surface area contributed by atoms with Crippen molar-refractivity contribution >= 4 is 17.7 Å². The Bertz CT molecular complexity index is 1220. The molecule has 3 N–H and O–H groups in total. The van der Waals surface area contributed by atoms with Crippen molar-refractivity contribution in [3.63, 3.8) is 0 Å². The summed E-state index contributed by atoms with van der Waals surface area (Å²) < 4.78 is 7.16. The van der Waals surface area contributed by atoms with Gasteiger partial charge in [-0.15, -0.1) is 0 Å². The van der Waals surface area contributed by atoms with E-state index in [4.69, 9.17) is 4.74 Å². The van der Waals surface area contributed by atoms with Crippen LogP contribution in [0.2, 0.25) is 0 Å². The zero-order chi connectivity index (χ0) is 23.8. The highest BCUT2D eigenvalue weighted by molar-refractivity contribution is 6.05. The van der Waals surface area contributed by atoms with E-state index in [0.717, 1.165) is 16.7 Å². The number of carbonyl (C=O) groups excluding carboxylic acids is 1. The lowest BCUT2D eigenvalue weighted by atomic mass is 10.00. The van der Waals surface area contributed by atoms with Crippen LogP contribution in [0.15, 0.2) is 64.6 Å². The van der Waals surface area contributed by atoms with Crippen molar-refractivity contribution in [1.29, 1.82) is 0 Å². The number of benzene rings is 1. The first-order valence-electron chi connectivity index (χ1n) is 10.6. The van der Waals surface area contributed by atoms with Crippen molar-refractivity contribution in [2.24, 2.45) is 12.0 Å². The maximum Gasteiger partial charge on any atom is 0.321 e. The number of aryl methyl sites for hydroxylation is 1. The van der Waals surface area contributed by atoms with Gasteiger partial charge in [0.25, 0.3) is 5.56 Å². The van der Waals surface area contributed by atoms with Crippen LogP contribution >= 0.6 is 0 Å². The molecular formula is C24H28N6O3. The summed E-state index contributed by atoms with van der Waals surface area (Å²) >= 11 is 0. The molecule has 0 fully saturated rings. The molecule has 0 aliphatic carbocycles. The van der Waals surface area contributed by atoms with E-state index in [1.165, 1.54) is 4.57 Å². The molecule has 3 aromatic rings. The fraction of sp³-hybridized carbons (Fsp3) is 0.250. The third-order valence-electron chi connectivity index (χ3n) is 4.82. The van der Waals surface area contributed by atoms with E-state index in [-0.39, 0.29) is 17.5 Å². The summed E-state index contributed by atoms with van der Waals surface area (Å²) in [6.45, 7) is 4.78. The predicted octanol–water partition coefficient (Wildman–Crippen LogP) is 3.23. The Hall–Kier alpha value is -4.14. The van der Waals surface area contributed by atoms with Gasteiger partial charge >= 0.3 is 6.03 Å². The number of carbonyl (C=O) groups is 1. The summed E-state index contributed by atoms with van der Waals surface area (Å²) in [5.41, 5.74) is 3.65. The first-order chi connectivity index (χ1) is 15.9. The molecule has 0 atom stereocenters. The van der Waals surface area contributed by atoms with Crippen LogP contribution in [-0.4, -0.2) is 41.7 Å². The molecule has 9 nitrogen and oxygen atoms in total. The summed E-state index contributed by atoms with van der Waals surface area (Å²) in [4.78, 5) is 32.8. The Morgan fingerprint density at radius 1 is 1.12 bits per heavy atom. The highest BCUT2D eigenvalue weighted by atomic mass is 16.5. The first-order valence-corrected chi connectivity index (χ1v) is 10.6. The maximum absolute atomic E-state index is 12.2. The van der Waals surface area contributed by atoms with Gasteiger partial charge in [-0.25, -0.2) is 4.79 Å². The van der Waals surface area contributed by atoms with E-state index in [1.807, 2.05) is 44.2 Å². The molecule has 0 spiro atoms. The van der Waals surface area contributed by atoms with Crippen LogP contribution in [-0.2, 0) is 7.05 Å². The van der Waals surface area contributed by atoms with Crippen LogP contribution < -0.4 is 26.2 Å². The lowest BCUT2D eigenvalue weighted by Crippen LogP contribution is -2.42. The second kappa shape index (κ2) is 10.9. The molecule has 0 saturated carbocycles. The van der Waals surface area contributed by atoms with Gasteiger partial charge in [0.15, 0.2) is 0 Å². The van der Waals surface area contributed by atoms with Gasteiger partial charge in [-0.1, -0.05) is 6.07 Å². The number of ether oxygens (including phenoxy) is 1. The van der Waals surface area contributed by atoms with Gasteiger partial charge in [0, 0.05) is 50.7 Å². The van der Waals surface area contributed by atoms with Crippen LogP contribution in [0.1, 0.15) is 13.8 Å². The predicted molar refractivity (Wildman–Crippen MR) is 131 cm³/mol. The Morgan fingerprint density at radius 2 is 1.91 bits per heavy atom. The molecule has 3 rings (SSSR count). The largest absolute Gasteiger partial charge is 0.494 e. The van der Waals surface area contributed by atoms with Crippen LogP contribution in [0.25, 0.3) is 22.4 Å². The van der Waals surface area contributed by atoms with Gasteiger partial charge in [-0.3, -0.25) is 20.1 Å². The topological polar surface area (TPSA) is 110 Å². The number of nitrogens with one attached hydrogen (secondary N) is 3. The molecule has 0 radical (unpaired) electrons. The van der Waals surface area contributed by atoms with Crippen molar-refractivity contribution in [3.8, 4) is 28.1 Å². The average Bonchev–Trinajstić information content (AvgIpc) is 2.81. The van der Waals surface area contributed by atoms with Gasteiger partial charge in [0.05, 0.1) is 18.0 Å². The smallest absolute Gasteiger partial charge is 0.321 e. The minimum absolute atomic E-state index is 0.0979. The quantitative estimate of drug-likeness (QED) is 0.396. The molecule has 0 aliphatic heterocycles. The molecule has 172 valence electrons. The first kappa shape index (κ1) is 23.5. The fourth-order valence-electron chi connectivity index (χ4n) is 3.17. The van der Waals surface area contributed by atoms with Crippen molar-refractivity contribution in [1.82, 2.24) is 20.2 Å². The number of anilines is 1. The molecule has 0 aliphatic rings. The van der Waals surface area contributed by atoms with E-state index < -0.39 is 0 Å². The number of nitrogens with zero attached hydrogens (tertiary/aromatic N) is 3. The lowest BCUT2D eigenvalue weighted by Gasteiger charge is -2.16. The molecule has 0 bridgehead atoms. The van der Waals surface area contributed by atoms with Crippen LogP contribution in [0.4, 0.5) is 10.5 Å². The Balaban J connectivity index is 2.06. The Kier molecular flexibility index (Phi) is 7.80. The molecule has 2 heterocycles. The number of aliphatic imine (C=N–C) groups is 1. The normalized spacial score (nSPS) is 11.1. The molecule has 33 heavy (non-hydrogen) atoms. The van der Waals surface area contributed by atoms with E-state index in [1.54, 1.807) is 38.6 Å². The zero-order valence-electron chi connectivity index (χ0n) is 19.2. The van der Waals surface area contributed by atoms with E-state index in [0.29, 0.717) is 30.3 Å². The van der Waals surface area contributed by atoms with Gasteiger partial charge in [-0.05, 0) is 49.2 Å². The summed E-state index contributed by atoms with van der Waals surface area (Å²) in [7, 11) is 3.29. The number of amides is 2. The van der Waals surface area contributed by atoms with Crippen LogP contribution in [0, 0.1) is 0 Å². The maximum atomic E-state index is 12.2. The zero-order valence-corrected chi connectivity index (χ0v) is 19.2. The SMILES string of the molecule is CCNC(=O)NC(=NC)Nc1ccc(-c2ccn(C)c(=O)c2)cc1-c1cc(OCC)ccn1. The Morgan fingerprint density at radius 3 is 2.61 bits per heavy atom. The lowest BCUT2D eigenvalue weighted by molar-refractivity contribution is 0.246. The second-order valence-corrected chi connectivity index (χ2v) is 7.12. The van der Waals surface area contributed by atoms with Gasteiger partial charge < -0.3 is 19.9 Å². The highest BCUT2D eigenvalue weighted by Gasteiger charge is 2.13. The average molecular weight is 449 g/mol. The van der Waals surface area contributed by atoms with Crippen LogP contribution in [0.5, 0.6) is 5.75 Å². The number of pyridine rings is 2. The molecular weight excluding hydrogens is 420 g/mol. The third-order valence-corrected chi connectivity index (χ3v) is 4.82. The minimum atomic E-state index is -0.361. The van der Waals surface area contributed by atoms with Crippen molar-refractivity contribution in [2.75, 3.05) is 25.5 Å². The van der Waals surface area contributed by atoms with Gasteiger partial charge in [0.1, 0.15) is 5.75 Å². The molecule has 2 aromatic heterocycles. The van der Waals surface area contributed by atoms with E-state index >= 15 is 0 Å².